The highest BCUT2D eigenvalue weighted by Gasteiger charge is 2.26. The van der Waals surface area contributed by atoms with E-state index in [4.69, 9.17) is 28.0 Å². The minimum Gasteiger partial charge on any atom is -0.393 e. The first-order valence-electron chi connectivity index (χ1n) is 11.1. The van der Waals surface area contributed by atoms with E-state index in [0.29, 0.717) is 22.2 Å². The summed E-state index contributed by atoms with van der Waals surface area (Å²) in [4.78, 5) is 12.3. The van der Waals surface area contributed by atoms with Crippen molar-refractivity contribution in [2.45, 2.75) is 10.8 Å². The van der Waals surface area contributed by atoms with Crippen molar-refractivity contribution in [3.8, 4) is 5.75 Å². The van der Waals surface area contributed by atoms with Crippen LogP contribution in [0.5, 0.6) is 5.75 Å². The predicted octanol–water partition coefficient (Wildman–Crippen LogP) is 4.78. The average Bonchev–Trinajstić information content (AvgIpc) is 2.85. The number of sulfonamides is 1. The number of piperazine rings is 1. The Bertz CT molecular complexity index is 1270. The normalized spacial score (nSPS) is 16.2. The standard InChI is InChI=1S/C25H26Cl2FN3O3S/c1-30-11-13-31(14-12-30)17-22(18-7-9-23(26)24(27)15-18)21-16-19(28)8-10-25(21)34-29-35(32,33)20-5-3-2-4-6-20/h2-10,15-16,22,29H,11-14,17H2,1H3. The highest BCUT2D eigenvalue weighted by Crippen LogP contribution is 2.36. The molecule has 0 aromatic heterocycles. The molecule has 3 aromatic rings. The summed E-state index contributed by atoms with van der Waals surface area (Å²) in [5.74, 6) is -0.599. The van der Waals surface area contributed by atoms with Crippen molar-refractivity contribution in [2.75, 3.05) is 39.8 Å². The molecule has 1 unspecified atom stereocenters. The molecule has 10 heteroatoms. The van der Waals surface area contributed by atoms with Gasteiger partial charge in [-0.25, -0.2) is 12.8 Å². The molecule has 1 atom stereocenters. The van der Waals surface area contributed by atoms with Crippen LogP contribution in [0.15, 0.2) is 71.6 Å². The molecule has 3 aromatic carbocycles. The fourth-order valence-corrected chi connectivity index (χ4v) is 5.15. The van der Waals surface area contributed by atoms with Crippen LogP contribution < -0.4 is 9.72 Å². The van der Waals surface area contributed by atoms with Gasteiger partial charge in [-0.2, -0.15) is 0 Å². The lowest BCUT2D eigenvalue weighted by molar-refractivity contribution is 0.150. The lowest BCUT2D eigenvalue weighted by Crippen LogP contribution is -2.45. The van der Waals surface area contributed by atoms with Gasteiger partial charge in [0.05, 0.1) is 14.9 Å². The monoisotopic (exact) mass is 537 g/mol. The molecular formula is C25H26Cl2FN3O3S. The molecule has 1 saturated heterocycles. The van der Waals surface area contributed by atoms with Gasteiger partial charge in [0.15, 0.2) is 5.75 Å². The second kappa shape index (κ2) is 11.2. The lowest BCUT2D eigenvalue weighted by Gasteiger charge is -2.35. The van der Waals surface area contributed by atoms with Crippen LogP contribution in [0.4, 0.5) is 4.39 Å². The van der Waals surface area contributed by atoms with Crippen LogP contribution in [0.25, 0.3) is 0 Å². The maximum absolute atomic E-state index is 14.5. The first kappa shape index (κ1) is 25.9. The summed E-state index contributed by atoms with van der Waals surface area (Å²) in [6.45, 7) is 4.09. The number of hydrogen-bond acceptors (Lipinski definition) is 5. The van der Waals surface area contributed by atoms with Gasteiger partial charge in [0, 0.05) is 44.2 Å². The van der Waals surface area contributed by atoms with Gasteiger partial charge in [0.1, 0.15) is 5.82 Å². The maximum atomic E-state index is 14.5. The van der Waals surface area contributed by atoms with Gasteiger partial charge >= 0.3 is 0 Å². The highest BCUT2D eigenvalue weighted by atomic mass is 35.5. The van der Waals surface area contributed by atoms with Crippen molar-refractivity contribution in [2.24, 2.45) is 0 Å². The molecule has 0 aliphatic carbocycles. The van der Waals surface area contributed by atoms with E-state index in [1.807, 2.05) is 6.07 Å². The van der Waals surface area contributed by atoms with Crippen LogP contribution in [0, 0.1) is 5.82 Å². The van der Waals surface area contributed by atoms with E-state index in [9.17, 15) is 12.8 Å². The Morgan fingerprint density at radius 3 is 2.37 bits per heavy atom. The minimum absolute atomic E-state index is 0.0575. The molecule has 6 nitrogen and oxygen atoms in total. The number of rotatable bonds is 8. The van der Waals surface area contributed by atoms with Crippen LogP contribution in [-0.2, 0) is 10.0 Å². The van der Waals surface area contributed by atoms with Gasteiger partial charge in [0.2, 0.25) is 0 Å². The first-order chi connectivity index (χ1) is 16.7. The topological polar surface area (TPSA) is 61.9 Å². The highest BCUT2D eigenvalue weighted by molar-refractivity contribution is 7.89. The summed E-state index contributed by atoms with van der Waals surface area (Å²) in [7, 11) is -1.87. The molecule has 1 aliphatic rings. The van der Waals surface area contributed by atoms with Gasteiger partial charge in [-0.1, -0.05) is 47.5 Å². The fraction of sp³-hybridized carbons (Fsp3) is 0.280. The molecule has 0 radical (unpaired) electrons. The van der Waals surface area contributed by atoms with Crippen LogP contribution in [0.1, 0.15) is 17.0 Å². The zero-order valence-corrected chi connectivity index (χ0v) is 21.5. The van der Waals surface area contributed by atoms with E-state index in [-0.39, 0.29) is 16.6 Å². The molecule has 1 N–H and O–H groups in total. The largest absolute Gasteiger partial charge is 0.393 e. The molecule has 1 fully saturated rings. The number of halogens is 3. The Morgan fingerprint density at radius 2 is 1.69 bits per heavy atom. The van der Waals surface area contributed by atoms with Crippen LogP contribution in [0.3, 0.4) is 0 Å². The third-order valence-electron chi connectivity index (χ3n) is 6.04. The van der Waals surface area contributed by atoms with Crippen LogP contribution >= 0.6 is 23.2 Å². The van der Waals surface area contributed by atoms with E-state index < -0.39 is 15.8 Å². The first-order valence-corrected chi connectivity index (χ1v) is 13.4. The molecular weight excluding hydrogens is 512 g/mol. The zero-order chi connectivity index (χ0) is 25.0. The second-order valence-electron chi connectivity index (χ2n) is 8.51. The van der Waals surface area contributed by atoms with Crippen molar-refractivity contribution in [1.82, 2.24) is 14.7 Å². The van der Waals surface area contributed by atoms with Crippen LogP contribution in [0.2, 0.25) is 10.0 Å². The van der Waals surface area contributed by atoms with Crippen molar-refractivity contribution in [3.63, 3.8) is 0 Å². The number of benzene rings is 3. The van der Waals surface area contributed by atoms with E-state index in [1.165, 1.54) is 30.3 Å². The van der Waals surface area contributed by atoms with Crippen LogP contribution in [-0.4, -0.2) is 58.0 Å². The molecule has 1 heterocycles. The quantitative estimate of drug-likeness (QED) is 0.419. The SMILES string of the molecule is CN1CCN(CC(c2ccc(Cl)c(Cl)c2)c2cc(F)ccc2ONS(=O)(=O)c2ccccc2)CC1. The predicted molar refractivity (Wildman–Crippen MR) is 136 cm³/mol. The molecule has 35 heavy (non-hydrogen) atoms. The maximum Gasteiger partial charge on any atom is 0.271 e. The summed E-state index contributed by atoms with van der Waals surface area (Å²) < 4.78 is 39.9. The Labute approximate surface area is 215 Å². The van der Waals surface area contributed by atoms with Crippen molar-refractivity contribution >= 4 is 33.2 Å². The number of hydrogen-bond donors (Lipinski definition) is 1. The molecule has 186 valence electrons. The minimum atomic E-state index is -3.94. The average molecular weight is 538 g/mol. The molecule has 0 amide bonds. The number of nitrogens with one attached hydrogen (secondary N) is 1. The van der Waals surface area contributed by atoms with E-state index in [0.717, 1.165) is 31.7 Å². The third-order valence-corrected chi connectivity index (χ3v) is 7.98. The van der Waals surface area contributed by atoms with Gasteiger partial charge in [-0.3, -0.25) is 4.90 Å². The van der Waals surface area contributed by atoms with Gasteiger partial charge in [-0.05, 0) is 60.0 Å². The van der Waals surface area contributed by atoms with Gasteiger partial charge in [0.25, 0.3) is 10.0 Å². The molecule has 0 saturated carbocycles. The lowest BCUT2D eigenvalue weighted by atomic mass is 9.89. The smallest absolute Gasteiger partial charge is 0.271 e. The van der Waals surface area contributed by atoms with Gasteiger partial charge in [-0.15, -0.1) is 0 Å². The third kappa shape index (κ3) is 6.52. The number of likely N-dealkylation sites (N-methyl/N-ethyl adjacent to an activating group) is 1. The zero-order valence-electron chi connectivity index (χ0n) is 19.1. The molecule has 0 spiro atoms. The van der Waals surface area contributed by atoms with Crippen molar-refractivity contribution in [1.29, 1.82) is 0 Å². The van der Waals surface area contributed by atoms with Crippen molar-refractivity contribution < 1.29 is 17.6 Å². The fourth-order valence-electron chi connectivity index (χ4n) is 4.03. The Balaban J connectivity index is 1.68. The Morgan fingerprint density at radius 1 is 0.971 bits per heavy atom. The summed E-state index contributed by atoms with van der Waals surface area (Å²) in [6, 6.07) is 17.2. The molecule has 0 bridgehead atoms. The number of nitrogens with zero attached hydrogens (tertiary/aromatic N) is 2. The summed E-state index contributed by atoms with van der Waals surface area (Å²) in [5.41, 5.74) is 1.32. The summed E-state index contributed by atoms with van der Waals surface area (Å²) in [6.07, 6.45) is 0. The van der Waals surface area contributed by atoms with Gasteiger partial charge < -0.3 is 9.74 Å². The van der Waals surface area contributed by atoms with E-state index in [2.05, 4.69) is 21.7 Å². The Hall–Kier alpha value is -2.20. The molecule has 1 aliphatic heterocycles. The molecule has 4 rings (SSSR count). The second-order valence-corrected chi connectivity index (χ2v) is 11.0. The van der Waals surface area contributed by atoms with E-state index >= 15 is 0 Å². The Kier molecular flexibility index (Phi) is 8.31. The summed E-state index contributed by atoms with van der Waals surface area (Å²) >= 11 is 12.5. The van der Waals surface area contributed by atoms with Crippen molar-refractivity contribution in [3.05, 3.63) is 93.7 Å². The summed E-state index contributed by atoms with van der Waals surface area (Å²) in [5, 5.41) is 0.802. The van der Waals surface area contributed by atoms with E-state index in [1.54, 1.807) is 30.3 Å².